The number of para-hydroxylation sites is 1. The number of hydrogen-bond acceptors (Lipinski definition) is 4. The maximum atomic E-state index is 12.5. The number of thioether (sulfide) groups is 1. The van der Waals surface area contributed by atoms with Crippen LogP contribution in [0.1, 0.15) is 24.2 Å². The second-order valence-corrected chi connectivity index (χ2v) is 7.75. The fourth-order valence-electron chi connectivity index (χ4n) is 2.10. The maximum Gasteiger partial charge on any atom is 0.258 e. The molecule has 3 aromatic rings. The van der Waals surface area contributed by atoms with Crippen LogP contribution >= 0.6 is 23.1 Å². The fraction of sp³-hybridized carbons (Fsp3) is 0.176. The van der Waals surface area contributed by atoms with Gasteiger partial charge in [-0.2, -0.15) is 0 Å². The zero-order chi connectivity index (χ0) is 15.5. The molecule has 0 aliphatic rings. The van der Waals surface area contributed by atoms with Gasteiger partial charge in [0.1, 0.15) is 0 Å². The van der Waals surface area contributed by atoms with E-state index < -0.39 is 0 Å². The molecule has 1 aromatic heterocycles. The molecule has 0 unspecified atom stereocenters. The highest BCUT2D eigenvalue weighted by molar-refractivity contribution is 8.00. The summed E-state index contributed by atoms with van der Waals surface area (Å²) in [6, 6.07) is 15.6. The predicted octanol–water partition coefficient (Wildman–Crippen LogP) is 5.05. The molecule has 1 N–H and O–H groups in total. The number of amides is 1. The Morgan fingerprint density at radius 2 is 1.86 bits per heavy atom. The van der Waals surface area contributed by atoms with Crippen molar-refractivity contribution >= 4 is 44.4 Å². The molecule has 1 amide bonds. The number of carbonyl (C=O) groups excluding carboxylic acids is 1. The van der Waals surface area contributed by atoms with Crippen LogP contribution in [0.15, 0.2) is 53.4 Å². The van der Waals surface area contributed by atoms with Gasteiger partial charge in [0.05, 0.1) is 15.8 Å². The summed E-state index contributed by atoms with van der Waals surface area (Å²) in [6.45, 7) is 4.24. The van der Waals surface area contributed by atoms with Crippen molar-refractivity contribution in [3.05, 3.63) is 54.1 Å². The number of carbonyl (C=O) groups is 1. The average molecular weight is 328 g/mol. The average Bonchev–Trinajstić information content (AvgIpc) is 2.89. The number of benzene rings is 2. The minimum atomic E-state index is -0.109. The lowest BCUT2D eigenvalue weighted by molar-refractivity contribution is 0.102. The van der Waals surface area contributed by atoms with Crippen molar-refractivity contribution in [2.45, 2.75) is 24.0 Å². The Hall–Kier alpha value is -1.85. The lowest BCUT2D eigenvalue weighted by Crippen LogP contribution is -2.13. The van der Waals surface area contributed by atoms with Gasteiger partial charge < -0.3 is 0 Å². The van der Waals surface area contributed by atoms with Crippen LogP contribution in [-0.4, -0.2) is 16.1 Å². The van der Waals surface area contributed by atoms with E-state index in [0.717, 1.165) is 15.1 Å². The van der Waals surface area contributed by atoms with Gasteiger partial charge in [-0.05, 0) is 24.3 Å². The van der Waals surface area contributed by atoms with Gasteiger partial charge >= 0.3 is 0 Å². The van der Waals surface area contributed by atoms with E-state index in [1.807, 2.05) is 48.5 Å². The second-order valence-electron chi connectivity index (χ2n) is 5.10. The fourth-order valence-corrected chi connectivity index (χ4v) is 3.91. The van der Waals surface area contributed by atoms with E-state index in [-0.39, 0.29) is 5.91 Å². The number of nitrogens with zero attached hydrogens (tertiary/aromatic N) is 1. The standard InChI is InChI=1S/C17H16N2OS2/c1-11(2)21-14-9-5-3-7-12(14)16(20)19-17-18-13-8-4-6-10-15(13)22-17/h3-11H,1-2H3,(H,18,19,20). The van der Waals surface area contributed by atoms with Crippen LogP contribution in [0, 0.1) is 0 Å². The molecule has 22 heavy (non-hydrogen) atoms. The summed E-state index contributed by atoms with van der Waals surface area (Å²) in [5, 5.41) is 3.98. The van der Waals surface area contributed by atoms with Crippen LogP contribution in [0.5, 0.6) is 0 Å². The van der Waals surface area contributed by atoms with Gasteiger partial charge in [0, 0.05) is 10.1 Å². The predicted molar refractivity (Wildman–Crippen MR) is 95.0 cm³/mol. The Morgan fingerprint density at radius 3 is 2.64 bits per heavy atom. The minimum absolute atomic E-state index is 0.109. The molecule has 3 nitrogen and oxygen atoms in total. The van der Waals surface area contributed by atoms with Crippen molar-refractivity contribution in [3.8, 4) is 0 Å². The Balaban J connectivity index is 1.85. The smallest absolute Gasteiger partial charge is 0.258 e. The lowest BCUT2D eigenvalue weighted by atomic mass is 10.2. The lowest BCUT2D eigenvalue weighted by Gasteiger charge is -2.10. The molecule has 0 spiro atoms. The molecule has 0 bridgehead atoms. The quantitative estimate of drug-likeness (QED) is 0.682. The molecule has 0 saturated carbocycles. The van der Waals surface area contributed by atoms with Crippen LogP contribution in [-0.2, 0) is 0 Å². The normalized spacial score (nSPS) is 11.0. The topological polar surface area (TPSA) is 42.0 Å². The van der Waals surface area contributed by atoms with Crippen molar-refractivity contribution in [3.63, 3.8) is 0 Å². The van der Waals surface area contributed by atoms with Crippen molar-refractivity contribution < 1.29 is 4.79 Å². The van der Waals surface area contributed by atoms with Crippen molar-refractivity contribution in [2.75, 3.05) is 5.32 Å². The molecule has 0 fully saturated rings. The number of thiazole rings is 1. The number of fused-ring (bicyclic) bond motifs is 1. The first-order valence-electron chi connectivity index (χ1n) is 7.06. The molecule has 2 aromatic carbocycles. The van der Waals surface area contributed by atoms with Crippen LogP contribution in [0.25, 0.3) is 10.2 Å². The van der Waals surface area contributed by atoms with E-state index in [2.05, 4.69) is 24.1 Å². The molecule has 0 aliphatic carbocycles. The summed E-state index contributed by atoms with van der Waals surface area (Å²) in [4.78, 5) is 18.0. The largest absolute Gasteiger partial charge is 0.298 e. The highest BCUT2D eigenvalue weighted by Gasteiger charge is 2.14. The highest BCUT2D eigenvalue weighted by Crippen LogP contribution is 2.29. The number of rotatable bonds is 4. The highest BCUT2D eigenvalue weighted by atomic mass is 32.2. The first kappa shape index (κ1) is 15.1. The number of nitrogens with one attached hydrogen (secondary N) is 1. The van der Waals surface area contributed by atoms with Crippen LogP contribution in [0.2, 0.25) is 0 Å². The Bertz CT molecular complexity index is 778. The SMILES string of the molecule is CC(C)Sc1ccccc1C(=O)Nc1nc2ccccc2s1. The molecular formula is C17H16N2OS2. The first-order valence-corrected chi connectivity index (χ1v) is 8.75. The molecule has 0 aliphatic heterocycles. The van der Waals surface area contributed by atoms with E-state index in [1.165, 1.54) is 11.3 Å². The van der Waals surface area contributed by atoms with E-state index >= 15 is 0 Å². The summed E-state index contributed by atoms with van der Waals surface area (Å²) in [5.41, 5.74) is 1.60. The maximum absolute atomic E-state index is 12.5. The van der Waals surface area contributed by atoms with E-state index in [0.29, 0.717) is 15.9 Å². The molecule has 3 rings (SSSR count). The minimum Gasteiger partial charge on any atom is -0.298 e. The van der Waals surface area contributed by atoms with Gasteiger partial charge in [0.2, 0.25) is 0 Å². The van der Waals surface area contributed by atoms with Crippen LogP contribution in [0.3, 0.4) is 0 Å². The zero-order valence-electron chi connectivity index (χ0n) is 12.4. The van der Waals surface area contributed by atoms with E-state index in [1.54, 1.807) is 11.8 Å². The molecule has 0 atom stereocenters. The van der Waals surface area contributed by atoms with E-state index in [4.69, 9.17) is 0 Å². The van der Waals surface area contributed by atoms with Gasteiger partial charge in [-0.3, -0.25) is 10.1 Å². The van der Waals surface area contributed by atoms with Gasteiger partial charge in [-0.1, -0.05) is 49.4 Å². The van der Waals surface area contributed by atoms with Gasteiger partial charge in [-0.15, -0.1) is 11.8 Å². The Morgan fingerprint density at radius 1 is 1.14 bits per heavy atom. The number of hydrogen-bond donors (Lipinski definition) is 1. The third-order valence-electron chi connectivity index (χ3n) is 3.01. The second kappa shape index (κ2) is 6.50. The van der Waals surface area contributed by atoms with Crippen LogP contribution in [0.4, 0.5) is 5.13 Å². The zero-order valence-corrected chi connectivity index (χ0v) is 14.0. The molecule has 1 heterocycles. The van der Waals surface area contributed by atoms with Crippen molar-refractivity contribution in [1.29, 1.82) is 0 Å². The van der Waals surface area contributed by atoms with Gasteiger partial charge in [-0.25, -0.2) is 4.98 Å². The van der Waals surface area contributed by atoms with E-state index in [9.17, 15) is 4.79 Å². The Kier molecular flexibility index (Phi) is 4.45. The number of aromatic nitrogens is 1. The third-order valence-corrected chi connectivity index (χ3v) is 5.04. The van der Waals surface area contributed by atoms with Gasteiger partial charge in [0.15, 0.2) is 5.13 Å². The van der Waals surface area contributed by atoms with Crippen molar-refractivity contribution in [2.24, 2.45) is 0 Å². The van der Waals surface area contributed by atoms with Crippen molar-refractivity contribution in [1.82, 2.24) is 4.98 Å². The summed E-state index contributed by atoms with van der Waals surface area (Å²) < 4.78 is 1.07. The van der Waals surface area contributed by atoms with Crippen LogP contribution < -0.4 is 5.32 Å². The number of anilines is 1. The summed E-state index contributed by atoms with van der Waals surface area (Å²) in [6.07, 6.45) is 0. The summed E-state index contributed by atoms with van der Waals surface area (Å²) in [5.74, 6) is -0.109. The third kappa shape index (κ3) is 3.31. The Labute approximate surface area is 137 Å². The monoisotopic (exact) mass is 328 g/mol. The molecule has 112 valence electrons. The molecule has 0 radical (unpaired) electrons. The summed E-state index contributed by atoms with van der Waals surface area (Å²) >= 11 is 3.18. The summed E-state index contributed by atoms with van der Waals surface area (Å²) in [7, 11) is 0. The molecule has 0 saturated heterocycles. The van der Waals surface area contributed by atoms with Gasteiger partial charge in [0.25, 0.3) is 5.91 Å². The first-order chi connectivity index (χ1) is 10.6. The molecule has 5 heteroatoms. The molecular weight excluding hydrogens is 312 g/mol.